The fraction of sp³-hybridized carbons (Fsp3) is 0. The van der Waals surface area contributed by atoms with E-state index >= 15 is 0 Å². The molecule has 0 amide bonds. The van der Waals surface area contributed by atoms with Gasteiger partial charge in [0.25, 0.3) is 0 Å². The average Bonchev–Trinajstić information content (AvgIpc) is 2.54. The van der Waals surface area contributed by atoms with Crippen LogP contribution in [0.25, 0.3) is 21.8 Å². The Balaban J connectivity index is 2.53. The molecule has 0 aliphatic heterocycles. The molecule has 0 spiro atoms. The summed E-state index contributed by atoms with van der Waals surface area (Å²) in [6.07, 6.45) is 1.73. The highest BCUT2D eigenvalue weighted by Crippen LogP contribution is 2.28. The van der Waals surface area contributed by atoms with Crippen LogP contribution in [0.1, 0.15) is 0 Å². The molecule has 0 saturated carbocycles. The molecule has 2 aromatic heterocycles. The smallest absolute Gasteiger partial charge is 0.129 e. The second-order valence-corrected chi connectivity index (χ2v) is 4.19. The first kappa shape index (κ1) is 9.01. The predicted octanol–water partition coefficient (Wildman–Crippen LogP) is 4.02. The Bertz CT molecular complexity index is 658. The molecule has 3 aromatic rings. The number of halogens is 2. The molecule has 0 fully saturated rings. The van der Waals surface area contributed by atoms with Crippen molar-refractivity contribution < 1.29 is 0 Å². The lowest BCUT2D eigenvalue weighted by atomic mass is 10.2. The summed E-state index contributed by atoms with van der Waals surface area (Å²) < 4.78 is 0. The number of H-pyrrole nitrogens is 1. The Hall–Kier alpha value is -1.25. The fourth-order valence-electron chi connectivity index (χ4n) is 1.75. The van der Waals surface area contributed by atoms with Gasteiger partial charge in [0.05, 0.1) is 11.7 Å². The van der Waals surface area contributed by atoms with Gasteiger partial charge in [0.1, 0.15) is 5.15 Å². The zero-order valence-corrected chi connectivity index (χ0v) is 9.10. The normalized spacial score (nSPS) is 11.3. The third-order valence-electron chi connectivity index (χ3n) is 2.41. The topological polar surface area (TPSA) is 28.7 Å². The molecule has 15 heavy (non-hydrogen) atoms. The first-order valence-electron chi connectivity index (χ1n) is 4.46. The van der Waals surface area contributed by atoms with Crippen LogP contribution < -0.4 is 0 Å². The van der Waals surface area contributed by atoms with E-state index < -0.39 is 0 Å². The standard InChI is InChI=1S/C11H6Cl2N2/c12-6-1-2-7-8-4-11(13)14-5-10(8)15-9(7)3-6/h1-5,15H. The minimum absolute atomic E-state index is 0.498. The molecule has 1 aromatic carbocycles. The van der Waals surface area contributed by atoms with Crippen molar-refractivity contribution in [2.75, 3.05) is 0 Å². The van der Waals surface area contributed by atoms with Crippen LogP contribution in [0.15, 0.2) is 30.5 Å². The van der Waals surface area contributed by atoms with Crippen LogP contribution in [0, 0.1) is 0 Å². The monoisotopic (exact) mass is 236 g/mol. The number of hydrogen-bond donors (Lipinski definition) is 1. The van der Waals surface area contributed by atoms with Crippen molar-refractivity contribution in [1.82, 2.24) is 9.97 Å². The summed E-state index contributed by atoms with van der Waals surface area (Å²) >= 11 is 11.8. The number of nitrogens with zero attached hydrogens (tertiary/aromatic N) is 1. The number of aromatic amines is 1. The highest BCUT2D eigenvalue weighted by Gasteiger charge is 2.05. The number of benzene rings is 1. The van der Waals surface area contributed by atoms with E-state index in [1.807, 2.05) is 24.3 Å². The van der Waals surface area contributed by atoms with E-state index in [1.54, 1.807) is 6.20 Å². The largest absolute Gasteiger partial charge is 0.353 e. The van der Waals surface area contributed by atoms with Gasteiger partial charge in [0.2, 0.25) is 0 Å². The van der Waals surface area contributed by atoms with Gasteiger partial charge in [0.15, 0.2) is 0 Å². The molecule has 2 heterocycles. The summed E-state index contributed by atoms with van der Waals surface area (Å²) in [4.78, 5) is 7.27. The minimum atomic E-state index is 0.498. The van der Waals surface area contributed by atoms with E-state index in [1.165, 1.54) is 0 Å². The van der Waals surface area contributed by atoms with Gasteiger partial charge < -0.3 is 4.98 Å². The molecule has 0 bridgehead atoms. The van der Waals surface area contributed by atoms with Crippen LogP contribution in [0.5, 0.6) is 0 Å². The summed E-state index contributed by atoms with van der Waals surface area (Å²) in [6.45, 7) is 0. The van der Waals surface area contributed by atoms with Gasteiger partial charge in [-0.15, -0.1) is 0 Å². The SMILES string of the molecule is Clc1ccc2c(c1)[nH]c1cnc(Cl)cc12. The fourth-order valence-corrected chi connectivity index (χ4v) is 2.08. The zero-order valence-electron chi connectivity index (χ0n) is 7.59. The Morgan fingerprint density at radius 1 is 1.00 bits per heavy atom. The lowest BCUT2D eigenvalue weighted by molar-refractivity contribution is 1.35. The second kappa shape index (κ2) is 3.12. The lowest BCUT2D eigenvalue weighted by Crippen LogP contribution is -1.73. The molecular formula is C11H6Cl2N2. The number of hydrogen-bond acceptors (Lipinski definition) is 1. The van der Waals surface area contributed by atoms with E-state index in [9.17, 15) is 0 Å². The summed E-state index contributed by atoms with van der Waals surface area (Å²) in [7, 11) is 0. The third kappa shape index (κ3) is 1.37. The molecule has 3 rings (SSSR count). The molecule has 1 N–H and O–H groups in total. The van der Waals surface area contributed by atoms with Crippen molar-refractivity contribution in [3.63, 3.8) is 0 Å². The van der Waals surface area contributed by atoms with E-state index in [0.717, 1.165) is 21.8 Å². The highest BCUT2D eigenvalue weighted by atomic mass is 35.5. The van der Waals surface area contributed by atoms with Gasteiger partial charge >= 0.3 is 0 Å². The lowest BCUT2D eigenvalue weighted by Gasteiger charge is -1.92. The van der Waals surface area contributed by atoms with Crippen molar-refractivity contribution in [3.05, 3.63) is 40.6 Å². The quantitative estimate of drug-likeness (QED) is 0.587. The van der Waals surface area contributed by atoms with Crippen molar-refractivity contribution in [1.29, 1.82) is 0 Å². The first-order chi connectivity index (χ1) is 7.24. The molecule has 0 saturated heterocycles. The zero-order chi connectivity index (χ0) is 10.4. The van der Waals surface area contributed by atoms with Gasteiger partial charge in [-0.2, -0.15) is 0 Å². The maximum Gasteiger partial charge on any atom is 0.129 e. The number of rotatable bonds is 0. The molecule has 2 nitrogen and oxygen atoms in total. The molecule has 0 radical (unpaired) electrons. The van der Waals surface area contributed by atoms with Gasteiger partial charge in [0, 0.05) is 21.3 Å². The summed E-state index contributed by atoms with van der Waals surface area (Å²) in [5, 5.41) is 3.40. The van der Waals surface area contributed by atoms with Gasteiger partial charge in [-0.3, -0.25) is 0 Å². The van der Waals surface area contributed by atoms with E-state index in [0.29, 0.717) is 10.2 Å². The third-order valence-corrected chi connectivity index (χ3v) is 2.85. The average molecular weight is 237 g/mol. The maximum atomic E-state index is 5.92. The van der Waals surface area contributed by atoms with Crippen LogP contribution >= 0.6 is 23.2 Å². The second-order valence-electron chi connectivity index (χ2n) is 3.37. The van der Waals surface area contributed by atoms with Crippen LogP contribution in [-0.2, 0) is 0 Å². The Labute approximate surface area is 95.8 Å². The highest BCUT2D eigenvalue weighted by molar-refractivity contribution is 6.32. The molecular weight excluding hydrogens is 231 g/mol. The van der Waals surface area contributed by atoms with Crippen LogP contribution in [-0.4, -0.2) is 9.97 Å². The van der Waals surface area contributed by atoms with Crippen molar-refractivity contribution >= 4 is 45.0 Å². The molecule has 4 heteroatoms. The van der Waals surface area contributed by atoms with E-state index in [4.69, 9.17) is 23.2 Å². The van der Waals surface area contributed by atoms with Crippen LogP contribution in [0.2, 0.25) is 10.2 Å². The molecule has 74 valence electrons. The van der Waals surface area contributed by atoms with Crippen molar-refractivity contribution in [2.24, 2.45) is 0 Å². The Kier molecular flexibility index (Phi) is 1.87. The number of pyridine rings is 1. The van der Waals surface area contributed by atoms with Gasteiger partial charge in [-0.25, -0.2) is 4.98 Å². The predicted molar refractivity (Wildman–Crippen MR) is 63.6 cm³/mol. The van der Waals surface area contributed by atoms with Crippen LogP contribution in [0.3, 0.4) is 0 Å². The molecule has 0 unspecified atom stereocenters. The van der Waals surface area contributed by atoms with Crippen molar-refractivity contribution in [2.45, 2.75) is 0 Å². The molecule has 0 aliphatic rings. The summed E-state index contributed by atoms with van der Waals surface area (Å²) in [5.74, 6) is 0. The van der Waals surface area contributed by atoms with E-state index in [-0.39, 0.29) is 0 Å². The van der Waals surface area contributed by atoms with E-state index in [2.05, 4.69) is 9.97 Å². The van der Waals surface area contributed by atoms with Crippen LogP contribution in [0.4, 0.5) is 0 Å². The summed E-state index contributed by atoms with van der Waals surface area (Å²) in [6, 6.07) is 7.59. The first-order valence-corrected chi connectivity index (χ1v) is 5.22. The van der Waals surface area contributed by atoms with Gasteiger partial charge in [-0.05, 0) is 18.2 Å². The summed E-state index contributed by atoms with van der Waals surface area (Å²) in [5.41, 5.74) is 1.97. The van der Waals surface area contributed by atoms with Gasteiger partial charge in [-0.1, -0.05) is 29.3 Å². The van der Waals surface area contributed by atoms with Crippen molar-refractivity contribution in [3.8, 4) is 0 Å². The molecule has 0 aliphatic carbocycles. The maximum absolute atomic E-state index is 5.92. The molecule has 0 atom stereocenters. The number of nitrogens with one attached hydrogen (secondary N) is 1. The Morgan fingerprint density at radius 3 is 2.73 bits per heavy atom. The number of fused-ring (bicyclic) bond motifs is 3. The number of aromatic nitrogens is 2. The minimum Gasteiger partial charge on any atom is -0.353 e. The Morgan fingerprint density at radius 2 is 1.87 bits per heavy atom.